The lowest BCUT2D eigenvalue weighted by Crippen LogP contribution is -1.99. The molecule has 0 bridgehead atoms. The zero-order valence-corrected chi connectivity index (χ0v) is 17.8. The number of hydrogen-bond acceptors (Lipinski definition) is 3. The van der Waals surface area contributed by atoms with Crippen molar-refractivity contribution in [3.05, 3.63) is 90.3 Å². The van der Waals surface area contributed by atoms with Crippen LogP contribution >= 0.6 is 0 Å². The van der Waals surface area contributed by atoms with Crippen molar-refractivity contribution in [3.8, 4) is 22.7 Å². The Hall–Kier alpha value is -3.99. The number of anilines is 2. The van der Waals surface area contributed by atoms with Crippen molar-refractivity contribution in [1.82, 2.24) is 14.8 Å². The predicted octanol–water partition coefficient (Wildman–Crippen LogP) is 6.39. The third-order valence-corrected chi connectivity index (χ3v) is 5.55. The molecule has 0 aliphatic carbocycles. The van der Waals surface area contributed by atoms with Gasteiger partial charge in [-0.25, -0.2) is 4.68 Å². The van der Waals surface area contributed by atoms with E-state index in [2.05, 4.69) is 78.7 Å². The van der Waals surface area contributed by atoms with Gasteiger partial charge in [0.05, 0.1) is 18.5 Å². The minimum absolute atomic E-state index is 0.812. The van der Waals surface area contributed by atoms with E-state index in [1.807, 2.05) is 28.9 Å². The third-order valence-electron chi connectivity index (χ3n) is 5.55. The molecule has 31 heavy (non-hydrogen) atoms. The maximum atomic E-state index is 5.38. The highest BCUT2D eigenvalue weighted by atomic mass is 16.5. The molecule has 2 aromatic heterocycles. The van der Waals surface area contributed by atoms with Gasteiger partial charge in [-0.05, 0) is 61.9 Å². The molecule has 0 amide bonds. The third kappa shape index (κ3) is 3.55. The lowest BCUT2D eigenvalue weighted by atomic mass is 10.1. The zero-order valence-electron chi connectivity index (χ0n) is 17.8. The summed E-state index contributed by atoms with van der Waals surface area (Å²) >= 11 is 0. The molecule has 0 spiro atoms. The molecule has 0 fully saturated rings. The number of rotatable bonds is 5. The lowest BCUT2D eigenvalue weighted by molar-refractivity contribution is 0.414. The summed E-state index contributed by atoms with van der Waals surface area (Å²) in [7, 11) is 1.68. The van der Waals surface area contributed by atoms with Gasteiger partial charge in [-0.1, -0.05) is 30.3 Å². The van der Waals surface area contributed by atoms with Crippen molar-refractivity contribution < 1.29 is 4.74 Å². The first-order valence-corrected chi connectivity index (χ1v) is 10.3. The lowest BCUT2D eigenvalue weighted by Gasteiger charge is -2.08. The van der Waals surface area contributed by atoms with E-state index in [-0.39, 0.29) is 0 Å². The number of fused-ring (bicyclic) bond motifs is 1. The van der Waals surface area contributed by atoms with E-state index in [1.54, 1.807) is 7.11 Å². The van der Waals surface area contributed by atoms with Crippen molar-refractivity contribution in [2.45, 2.75) is 13.8 Å². The van der Waals surface area contributed by atoms with Crippen molar-refractivity contribution in [2.24, 2.45) is 0 Å². The molecule has 0 unspecified atom stereocenters. The fourth-order valence-electron chi connectivity index (χ4n) is 3.89. The molecule has 0 aliphatic rings. The molecule has 0 aliphatic heterocycles. The fraction of sp³-hybridized carbons (Fsp3) is 0.115. The van der Waals surface area contributed by atoms with E-state index in [0.717, 1.165) is 56.4 Å². The summed E-state index contributed by atoms with van der Waals surface area (Å²) in [5, 5.41) is 9.57. The average molecular weight is 409 g/mol. The quantitative estimate of drug-likeness (QED) is 0.354. The SMILES string of the molecule is COc1cccc(-n2nc3c(Nc4ccc(-c5ccc(C)[nH]5)cc4)cccc3c2C)c1. The molecular formula is C26H24N4O. The first-order chi connectivity index (χ1) is 15.1. The van der Waals surface area contributed by atoms with Crippen LogP contribution in [0.2, 0.25) is 0 Å². The number of hydrogen-bond donors (Lipinski definition) is 2. The van der Waals surface area contributed by atoms with Crippen molar-refractivity contribution >= 4 is 22.3 Å². The predicted molar refractivity (Wildman–Crippen MR) is 127 cm³/mol. The van der Waals surface area contributed by atoms with Gasteiger partial charge in [-0.3, -0.25) is 0 Å². The van der Waals surface area contributed by atoms with Crippen LogP contribution in [0.4, 0.5) is 11.4 Å². The second kappa shape index (κ2) is 7.69. The highest BCUT2D eigenvalue weighted by molar-refractivity contribution is 5.94. The van der Waals surface area contributed by atoms with Gasteiger partial charge >= 0.3 is 0 Å². The van der Waals surface area contributed by atoms with Crippen LogP contribution in [0.5, 0.6) is 5.75 Å². The highest BCUT2D eigenvalue weighted by Gasteiger charge is 2.13. The summed E-state index contributed by atoms with van der Waals surface area (Å²) in [5.74, 6) is 0.812. The maximum Gasteiger partial charge on any atom is 0.121 e. The molecule has 2 heterocycles. The summed E-state index contributed by atoms with van der Waals surface area (Å²) in [5.41, 5.74) is 8.44. The largest absolute Gasteiger partial charge is 0.497 e. The summed E-state index contributed by atoms with van der Waals surface area (Å²) in [6, 6.07) is 26.8. The number of nitrogens with one attached hydrogen (secondary N) is 2. The van der Waals surface area contributed by atoms with E-state index in [4.69, 9.17) is 9.84 Å². The van der Waals surface area contributed by atoms with Crippen LogP contribution in [-0.2, 0) is 0 Å². The number of aromatic amines is 1. The summed E-state index contributed by atoms with van der Waals surface area (Å²) < 4.78 is 7.35. The van der Waals surface area contributed by atoms with E-state index < -0.39 is 0 Å². The van der Waals surface area contributed by atoms with Gasteiger partial charge < -0.3 is 15.0 Å². The molecule has 5 rings (SSSR count). The second-order valence-corrected chi connectivity index (χ2v) is 7.66. The number of H-pyrrole nitrogens is 1. The van der Waals surface area contributed by atoms with Crippen LogP contribution in [0.25, 0.3) is 27.8 Å². The van der Waals surface area contributed by atoms with Crippen molar-refractivity contribution in [3.63, 3.8) is 0 Å². The fourth-order valence-corrected chi connectivity index (χ4v) is 3.89. The molecular weight excluding hydrogens is 384 g/mol. The van der Waals surface area contributed by atoms with Crippen molar-refractivity contribution in [1.29, 1.82) is 0 Å². The monoisotopic (exact) mass is 408 g/mol. The minimum atomic E-state index is 0.812. The van der Waals surface area contributed by atoms with Crippen LogP contribution in [0.15, 0.2) is 78.9 Å². The van der Waals surface area contributed by atoms with Crippen LogP contribution in [-0.4, -0.2) is 21.9 Å². The molecule has 0 saturated heterocycles. The van der Waals surface area contributed by atoms with Crippen molar-refractivity contribution in [2.75, 3.05) is 12.4 Å². The van der Waals surface area contributed by atoms with E-state index in [1.165, 1.54) is 0 Å². The molecule has 154 valence electrons. The Labute approximate surface area is 181 Å². The summed E-state index contributed by atoms with van der Waals surface area (Å²) in [6.07, 6.45) is 0. The Bertz CT molecular complexity index is 1360. The van der Waals surface area contributed by atoms with Gasteiger partial charge in [0.25, 0.3) is 0 Å². The summed E-state index contributed by atoms with van der Waals surface area (Å²) in [6.45, 7) is 4.15. The summed E-state index contributed by atoms with van der Waals surface area (Å²) in [4.78, 5) is 3.38. The molecule has 2 N–H and O–H groups in total. The first kappa shape index (κ1) is 19.0. The number of benzene rings is 3. The number of aryl methyl sites for hydroxylation is 2. The Kier molecular flexibility index (Phi) is 4.71. The molecule has 0 radical (unpaired) electrons. The highest BCUT2D eigenvalue weighted by Crippen LogP contribution is 2.30. The molecule has 5 aromatic rings. The Morgan fingerprint density at radius 1 is 0.903 bits per heavy atom. The smallest absolute Gasteiger partial charge is 0.121 e. The first-order valence-electron chi connectivity index (χ1n) is 10.3. The normalized spacial score (nSPS) is 11.1. The van der Waals surface area contributed by atoms with E-state index in [0.29, 0.717) is 0 Å². The van der Waals surface area contributed by atoms with Gasteiger partial charge in [-0.2, -0.15) is 5.10 Å². The molecule has 3 aromatic carbocycles. The van der Waals surface area contributed by atoms with E-state index >= 15 is 0 Å². The molecule has 0 atom stereocenters. The van der Waals surface area contributed by atoms with Crippen LogP contribution in [0, 0.1) is 13.8 Å². The van der Waals surface area contributed by atoms with Gasteiger partial charge in [0.2, 0.25) is 0 Å². The van der Waals surface area contributed by atoms with Gasteiger partial charge in [0.15, 0.2) is 0 Å². The average Bonchev–Trinajstić information content (AvgIpc) is 3.38. The van der Waals surface area contributed by atoms with Gasteiger partial charge in [-0.15, -0.1) is 0 Å². The minimum Gasteiger partial charge on any atom is -0.497 e. The van der Waals surface area contributed by atoms with Crippen LogP contribution < -0.4 is 10.1 Å². The topological polar surface area (TPSA) is 54.9 Å². The Morgan fingerprint density at radius 3 is 2.45 bits per heavy atom. The number of methoxy groups -OCH3 is 1. The Morgan fingerprint density at radius 2 is 1.71 bits per heavy atom. The number of ether oxygens (including phenoxy) is 1. The van der Waals surface area contributed by atoms with E-state index in [9.17, 15) is 0 Å². The standard InChI is InChI=1S/C26H24N4O/c1-17-10-15-24(27-17)19-11-13-20(14-12-19)28-25-9-5-8-23-18(2)30(29-26(23)25)21-6-4-7-22(16-21)31-3/h4-16,27-28H,1-3H3. The molecule has 5 nitrogen and oxygen atoms in total. The molecule has 0 saturated carbocycles. The zero-order chi connectivity index (χ0) is 21.4. The Balaban J connectivity index is 1.49. The molecule has 5 heteroatoms. The van der Waals surface area contributed by atoms with Gasteiger partial charge in [0, 0.05) is 34.2 Å². The second-order valence-electron chi connectivity index (χ2n) is 7.66. The maximum absolute atomic E-state index is 5.38. The number of nitrogens with zero attached hydrogens (tertiary/aromatic N) is 2. The van der Waals surface area contributed by atoms with Crippen LogP contribution in [0.3, 0.4) is 0 Å². The number of aromatic nitrogens is 3. The van der Waals surface area contributed by atoms with Gasteiger partial charge in [0.1, 0.15) is 11.3 Å². The van der Waals surface area contributed by atoms with Crippen LogP contribution in [0.1, 0.15) is 11.4 Å².